The number of para-hydroxylation sites is 1. The summed E-state index contributed by atoms with van der Waals surface area (Å²) >= 11 is 0. The number of piperazine rings is 1. The third kappa shape index (κ3) is 3.10. The summed E-state index contributed by atoms with van der Waals surface area (Å²) < 4.78 is 0. The van der Waals surface area contributed by atoms with Crippen LogP contribution in [0.15, 0.2) is 30.3 Å². The van der Waals surface area contributed by atoms with Gasteiger partial charge in [0, 0.05) is 37.1 Å². The molecule has 4 heteroatoms. The Balaban J connectivity index is 1.63. The minimum atomic E-state index is 0.126. The van der Waals surface area contributed by atoms with Gasteiger partial charge in [-0.15, -0.1) is 0 Å². The van der Waals surface area contributed by atoms with E-state index in [1.807, 2.05) is 35.2 Å². The number of carbonyl (C=O) groups excluding carboxylic acids is 1. The maximum Gasteiger partial charge on any atom is 0.270 e. The molecule has 0 aliphatic carbocycles. The van der Waals surface area contributed by atoms with Crippen molar-refractivity contribution in [2.75, 3.05) is 32.7 Å². The number of benzene rings is 1. The summed E-state index contributed by atoms with van der Waals surface area (Å²) in [5.74, 6) is 0.126. The number of hydrogen-bond donors (Lipinski definition) is 1. The molecule has 0 saturated carbocycles. The number of H-pyrrole nitrogens is 1. The predicted molar refractivity (Wildman–Crippen MR) is 85.6 cm³/mol. The number of carbonyl (C=O) groups is 1. The summed E-state index contributed by atoms with van der Waals surface area (Å²) in [7, 11) is 0. The van der Waals surface area contributed by atoms with E-state index >= 15 is 0 Å². The Morgan fingerprint density at radius 2 is 1.95 bits per heavy atom. The van der Waals surface area contributed by atoms with Crippen LogP contribution in [0.1, 0.15) is 30.3 Å². The maximum atomic E-state index is 12.6. The van der Waals surface area contributed by atoms with Crippen LogP contribution in [-0.4, -0.2) is 53.4 Å². The molecule has 112 valence electrons. The molecule has 0 unspecified atom stereocenters. The number of nitrogens with zero attached hydrogens (tertiary/aromatic N) is 2. The van der Waals surface area contributed by atoms with E-state index in [1.54, 1.807) is 0 Å². The van der Waals surface area contributed by atoms with Crippen molar-refractivity contribution < 1.29 is 4.79 Å². The number of aromatic nitrogens is 1. The van der Waals surface area contributed by atoms with Crippen molar-refractivity contribution in [2.24, 2.45) is 0 Å². The molecule has 1 fully saturated rings. The molecule has 3 rings (SSSR count). The van der Waals surface area contributed by atoms with Crippen molar-refractivity contribution >= 4 is 16.8 Å². The van der Waals surface area contributed by atoms with Gasteiger partial charge in [-0.1, -0.05) is 31.5 Å². The second-order valence-corrected chi connectivity index (χ2v) is 5.76. The lowest BCUT2D eigenvalue weighted by molar-refractivity contribution is 0.0631. The van der Waals surface area contributed by atoms with Crippen LogP contribution in [-0.2, 0) is 0 Å². The number of aromatic amines is 1. The molecule has 1 saturated heterocycles. The van der Waals surface area contributed by atoms with Gasteiger partial charge in [-0.25, -0.2) is 0 Å². The Morgan fingerprint density at radius 3 is 2.67 bits per heavy atom. The highest BCUT2D eigenvalue weighted by Crippen LogP contribution is 2.16. The minimum Gasteiger partial charge on any atom is -0.351 e. The predicted octanol–water partition coefficient (Wildman–Crippen LogP) is 2.73. The molecule has 0 radical (unpaired) electrons. The van der Waals surface area contributed by atoms with Crippen molar-refractivity contribution in [1.82, 2.24) is 14.8 Å². The summed E-state index contributed by atoms with van der Waals surface area (Å²) in [5.41, 5.74) is 1.74. The van der Waals surface area contributed by atoms with Crippen molar-refractivity contribution in [3.63, 3.8) is 0 Å². The molecular weight excluding hydrogens is 262 g/mol. The van der Waals surface area contributed by atoms with Crippen LogP contribution in [0, 0.1) is 0 Å². The Labute approximate surface area is 125 Å². The zero-order chi connectivity index (χ0) is 14.7. The van der Waals surface area contributed by atoms with Gasteiger partial charge >= 0.3 is 0 Å². The second kappa shape index (κ2) is 6.31. The Morgan fingerprint density at radius 1 is 1.19 bits per heavy atom. The molecule has 1 aromatic heterocycles. The quantitative estimate of drug-likeness (QED) is 0.938. The number of amides is 1. The van der Waals surface area contributed by atoms with E-state index in [-0.39, 0.29) is 5.91 Å². The van der Waals surface area contributed by atoms with Gasteiger partial charge in [0.2, 0.25) is 0 Å². The fraction of sp³-hybridized carbons (Fsp3) is 0.471. The molecule has 1 N–H and O–H groups in total. The molecule has 0 spiro atoms. The van der Waals surface area contributed by atoms with Gasteiger partial charge in [0.25, 0.3) is 5.91 Å². The van der Waals surface area contributed by atoms with Crippen LogP contribution in [0.5, 0.6) is 0 Å². The molecule has 2 aromatic rings. The summed E-state index contributed by atoms with van der Waals surface area (Å²) in [4.78, 5) is 20.2. The molecule has 0 bridgehead atoms. The van der Waals surface area contributed by atoms with E-state index in [0.717, 1.165) is 43.6 Å². The van der Waals surface area contributed by atoms with Crippen LogP contribution in [0.2, 0.25) is 0 Å². The molecule has 1 amide bonds. The molecule has 2 heterocycles. The number of unbranched alkanes of at least 4 members (excludes halogenated alkanes) is 1. The van der Waals surface area contributed by atoms with Crippen LogP contribution >= 0.6 is 0 Å². The first kappa shape index (κ1) is 14.1. The van der Waals surface area contributed by atoms with Gasteiger partial charge in [0.1, 0.15) is 5.69 Å². The summed E-state index contributed by atoms with van der Waals surface area (Å²) in [5, 5.41) is 1.10. The van der Waals surface area contributed by atoms with E-state index in [0.29, 0.717) is 5.69 Å². The fourth-order valence-corrected chi connectivity index (χ4v) is 2.92. The Kier molecular flexibility index (Phi) is 4.25. The topological polar surface area (TPSA) is 39.3 Å². The normalized spacial score (nSPS) is 16.5. The van der Waals surface area contributed by atoms with Gasteiger partial charge in [0.15, 0.2) is 0 Å². The smallest absolute Gasteiger partial charge is 0.270 e. The zero-order valence-corrected chi connectivity index (χ0v) is 12.6. The summed E-state index contributed by atoms with van der Waals surface area (Å²) in [6.07, 6.45) is 2.48. The molecule has 0 atom stereocenters. The van der Waals surface area contributed by atoms with Gasteiger partial charge in [-0.2, -0.15) is 0 Å². The molecule has 1 aliphatic heterocycles. The van der Waals surface area contributed by atoms with Crippen LogP contribution in [0.3, 0.4) is 0 Å². The van der Waals surface area contributed by atoms with Crippen molar-refractivity contribution in [1.29, 1.82) is 0 Å². The van der Waals surface area contributed by atoms with Gasteiger partial charge in [0.05, 0.1) is 0 Å². The second-order valence-electron chi connectivity index (χ2n) is 5.76. The monoisotopic (exact) mass is 285 g/mol. The van der Waals surface area contributed by atoms with Crippen LogP contribution < -0.4 is 0 Å². The molecule has 4 nitrogen and oxygen atoms in total. The summed E-state index contributed by atoms with van der Waals surface area (Å²) in [6.45, 7) is 7.02. The minimum absolute atomic E-state index is 0.126. The molecule has 21 heavy (non-hydrogen) atoms. The van der Waals surface area contributed by atoms with E-state index in [2.05, 4.69) is 16.8 Å². The third-order valence-corrected chi connectivity index (χ3v) is 4.25. The highest BCUT2D eigenvalue weighted by Gasteiger charge is 2.22. The van der Waals surface area contributed by atoms with Crippen molar-refractivity contribution in [3.8, 4) is 0 Å². The number of hydrogen-bond acceptors (Lipinski definition) is 2. The number of fused-ring (bicyclic) bond motifs is 1. The lowest BCUT2D eigenvalue weighted by Crippen LogP contribution is -2.48. The van der Waals surface area contributed by atoms with Crippen molar-refractivity contribution in [2.45, 2.75) is 19.8 Å². The van der Waals surface area contributed by atoms with Gasteiger partial charge in [-0.05, 0) is 25.1 Å². The SMILES string of the molecule is CCCCN1CCN(C(=O)c2cc3ccccc3[nH]2)CC1. The summed E-state index contributed by atoms with van der Waals surface area (Å²) in [6, 6.07) is 9.98. The van der Waals surface area contributed by atoms with Crippen molar-refractivity contribution in [3.05, 3.63) is 36.0 Å². The first-order chi connectivity index (χ1) is 10.3. The molecule has 1 aliphatic rings. The van der Waals surface area contributed by atoms with Crippen LogP contribution in [0.25, 0.3) is 10.9 Å². The number of nitrogens with one attached hydrogen (secondary N) is 1. The Bertz CT molecular complexity index is 578. The maximum absolute atomic E-state index is 12.6. The van der Waals surface area contributed by atoms with Gasteiger partial charge < -0.3 is 9.88 Å². The third-order valence-electron chi connectivity index (χ3n) is 4.25. The lowest BCUT2D eigenvalue weighted by Gasteiger charge is -2.34. The lowest BCUT2D eigenvalue weighted by atomic mass is 10.2. The van der Waals surface area contributed by atoms with E-state index in [4.69, 9.17) is 0 Å². The van der Waals surface area contributed by atoms with Gasteiger partial charge in [-0.3, -0.25) is 9.69 Å². The van der Waals surface area contributed by atoms with Crippen LogP contribution in [0.4, 0.5) is 0 Å². The zero-order valence-electron chi connectivity index (χ0n) is 12.6. The van der Waals surface area contributed by atoms with E-state index in [1.165, 1.54) is 12.8 Å². The molecule has 1 aromatic carbocycles. The average Bonchev–Trinajstić information content (AvgIpc) is 2.96. The largest absolute Gasteiger partial charge is 0.351 e. The highest BCUT2D eigenvalue weighted by molar-refractivity contribution is 5.98. The number of rotatable bonds is 4. The molecular formula is C17H23N3O. The highest BCUT2D eigenvalue weighted by atomic mass is 16.2. The first-order valence-corrected chi connectivity index (χ1v) is 7.87. The van der Waals surface area contributed by atoms with E-state index in [9.17, 15) is 4.79 Å². The van der Waals surface area contributed by atoms with E-state index < -0.39 is 0 Å². The average molecular weight is 285 g/mol. The first-order valence-electron chi connectivity index (χ1n) is 7.87. The Hall–Kier alpha value is -1.81. The fourth-order valence-electron chi connectivity index (χ4n) is 2.92. The standard InChI is InChI=1S/C17H23N3O/c1-2-3-8-19-9-11-20(12-10-19)17(21)16-13-14-6-4-5-7-15(14)18-16/h4-7,13,18H,2-3,8-12H2,1H3.